The number of hydrogen-bond acceptors (Lipinski definition) is 4. The second-order valence-corrected chi connectivity index (χ2v) is 5.22. The number of ether oxygens (including phenoxy) is 2. The first kappa shape index (κ1) is 16.3. The molecule has 1 fully saturated rings. The molecule has 1 saturated heterocycles. The molecule has 0 unspecified atom stereocenters. The van der Waals surface area contributed by atoms with Crippen molar-refractivity contribution >= 4 is 11.9 Å². The van der Waals surface area contributed by atoms with E-state index in [1.165, 1.54) is 4.90 Å². The Labute approximate surface area is 129 Å². The molecule has 0 bridgehead atoms. The van der Waals surface area contributed by atoms with E-state index in [9.17, 15) is 14.7 Å². The summed E-state index contributed by atoms with van der Waals surface area (Å²) >= 11 is 0. The Morgan fingerprint density at radius 1 is 1.32 bits per heavy atom. The molecule has 1 aromatic carbocycles. The number of hydrogen-bond donors (Lipinski definition) is 1. The van der Waals surface area contributed by atoms with Crippen LogP contribution in [0.15, 0.2) is 24.3 Å². The van der Waals surface area contributed by atoms with Gasteiger partial charge in [-0.15, -0.1) is 0 Å². The quantitative estimate of drug-likeness (QED) is 0.811. The highest BCUT2D eigenvalue weighted by atomic mass is 16.5. The van der Waals surface area contributed by atoms with E-state index in [0.29, 0.717) is 37.5 Å². The van der Waals surface area contributed by atoms with Gasteiger partial charge < -0.3 is 19.5 Å². The average Bonchev–Trinajstić information content (AvgIpc) is 2.54. The van der Waals surface area contributed by atoms with Crippen LogP contribution in [0.25, 0.3) is 0 Å². The standard InChI is InChI=1S/C16H21NO5/c1-21-9-10-22-13-6-4-5-12(11-13)15(18)17-8-3-2-7-14(17)16(19)20/h4-6,11,14H,2-3,7-10H2,1H3,(H,19,20)/t14-/m1/s1. The van der Waals surface area contributed by atoms with Gasteiger partial charge in [0.2, 0.25) is 0 Å². The van der Waals surface area contributed by atoms with Crippen LogP contribution in [0, 0.1) is 0 Å². The summed E-state index contributed by atoms with van der Waals surface area (Å²) in [7, 11) is 1.59. The summed E-state index contributed by atoms with van der Waals surface area (Å²) in [6.45, 7) is 1.34. The lowest BCUT2D eigenvalue weighted by molar-refractivity contribution is -0.143. The third kappa shape index (κ3) is 3.98. The van der Waals surface area contributed by atoms with E-state index in [-0.39, 0.29) is 5.91 Å². The molecular formula is C16H21NO5. The number of likely N-dealkylation sites (tertiary alicyclic amines) is 1. The molecule has 0 radical (unpaired) electrons. The van der Waals surface area contributed by atoms with Gasteiger partial charge in [0.25, 0.3) is 5.91 Å². The van der Waals surface area contributed by atoms with Crippen molar-refractivity contribution in [3.05, 3.63) is 29.8 Å². The molecule has 0 aliphatic carbocycles. The van der Waals surface area contributed by atoms with Gasteiger partial charge in [-0.3, -0.25) is 4.79 Å². The van der Waals surface area contributed by atoms with E-state index in [1.54, 1.807) is 31.4 Å². The highest BCUT2D eigenvalue weighted by Gasteiger charge is 2.32. The molecule has 1 N–H and O–H groups in total. The summed E-state index contributed by atoms with van der Waals surface area (Å²) in [5.74, 6) is -0.628. The van der Waals surface area contributed by atoms with Crippen LogP contribution in [0.3, 0.4) is 0 Å². The van der Waals surface area contributed by atoms with E-state index in [1.807, 2.05) is 0 Å². The highest BCUT2D eigenvalue weighted by molar-refractivity contribution is 5.97. The molecule has 0 aromatic heterocycles. The Hall–Kier alpha value is -2.08. The number of piperidine rings is 1. The van der Waals surface area contributed by atoms with Crippen molar-refractivity contribution in [1.82, 2.24) is 4.90 Å². The van der Waals surface area contributed by atoms with Crippen LogP contribution in [-0.4, -0.2) is 54.8 Å². The average molecular weight is 307 g/mol. The van der Waals surface area contributed by atoms with E-state index >= 15 is 0 Å². The molecule has 6 nitrogen and oxygen atoms in total. The SMILES string of the molecule is COCCOc1cccc(C(=O)N2CCCC[C@@H]2C(=O)O)c1. The minimum Gasteiger partial charge on any atom is -0.491 e. The largest absolute Gasteiger partial charge is 0.491 e. The maximum absolute atomic E-state index is 12.6. The van der Waals surface area contributed by atoms with Gasteiger partial charge >= 0.3 is 5.97 Å². The van der Waals surface area contributed by atoms with E-state index < -0.39 is 12.0 Å². The Morgan fingerprint density at radius 2 is 2.14 bits per heavy atom. The fraction of sp³-hybridized carbons (Fsp3) is 0.500. The zero-order valence-corrected chi connectivity index (χ0v) is 12.7. The number of amides is 1. The maximum Gasteiger partial charge on any atom is 0.326 e. The molecule has 1 aliphatic rings. The molecule has 1 aromatic rings. The van der Waals surface area contributed by atoms with Crippen LogP contribution in [0.5, 0.6) is 5.75 Å². The number of methoxy groups -OCH3 is 1. The van der Waals surface area contributed by atoms with Gasteiger partial charge in [-0.1, -0.05) is 6.07 Å². The van der Waals surface area contributed by atoms with Crippen molar-refractivity contribution in [2.24, 2.45) is 0 Å². The number of benzene rings is 1. The van der Waals surface area contributed by atoms with Gasteiger partial charge in [-0.2, -0.15) is 0 Å². The third-order valence-corrected chi connectivity index (χ3v) is 3.69. The first-order chi connectivity index (χ1) is 10.6. The maximum atomic E-state index is 12.6. The van der Waals surface area contributed by atoms with Crippen LogP contribution in [-0.2, 0) is 9.53 Å². The molecule has 1 atom stereocenters. The van der Waals surface area contributed by atoms with Gasteiger partial charge in [0.05, 0.1) is 6.61 Å². The fourth-order valence-electron chi connectivity index (χ4n) is 2.56. The zero-order chi connectivity index (χ0) is 15.9. The number of nitrogens with zero attached hydrogens (tertiary/aromatic N) is 1. The number of aliphatic carboxylic acids is 1. The van der Waals surface area contributed by atoms with Crippen molar-refractivity contribution in [1.29, 1.82) is 0 Å². The third-order valence-electron chi connectivity index (χ3n) is 3.69. The van der Waals surface area contributed by atoms with Crippen LogP contribution in [0.2, 0.25) is 0 Å². The minimum absolute atomic E-state index is 0.260. The Bertz CT molecular complexity index is 531. The summed E-state index contributed by atoms with van der Waals surface area (Å²) in [6, 6.07) is 6.08. The van der Waals surface area contributed by atoms with Gasteiger partial charge in [0, 0.05) is 19.2 Å². The zero-order valence-electron chi connectivity index (χ0n) is 12.7. The first-order valence-corrected chi connectivity index (χ1v) is 7.39. The lowest BCUT2D eigenvalue weighted by Crippen LogP contribution is -2.47. The van der Waals surface area contributed by atoms with Gasteiger partial charge in [-0.25, -0.2) is 4.79 Å². The topological polar surface area (TPSA) is 76.1 Å². The summed E-state index contributed by atoms with van der Waals surface area (Å²) in [5.41, 5.74) is 0.447. The molecule has 1 amide bonds. The van der Waals surface area contributed by atoms with Crippen molar-refractivity contribution in [3.63, 3.8) is 0 Å². The van der Waals surface area contributed by atoms with E-state index in [2.05, 4.69) is 0 Å². The molecule has 1 heterocycles. The van der Waals surface area contributed by atoms with Gasteiger partial charge in [0.15, 0.2) is 0 Å². The van der Waals surface area contributed by atoms with Crippen molar-refractivity contribution in [2.75, 3.05) is 26.9 Å². The van der Waals surface area contributed by atoms with Crippen molar-refractivity contribution in [3.8, 4) is 5.75 Å². The summed E-state index contributed by atoms with van der Waals surface area (Å²) in [5, 5.41) is 9.27. The number of carboxylic acid groups (broad SMARTS) is 1. The highest BCUT2D eigenvalue weighted by Crippen LogP contribution is 2.22. The lowest BCUT2D eigenvalue weighted by Gasteiger charge is -2.33. The molecule has 0 spiro atoms. The molecule has 1 aliphatic heterocycles. The Balaban J connectivity index is 2.10. The molecular weight excluding hydrogens is 286 g/mol. The van der Waals surface area contributed by atoms with Crippen molar-refractivity contribution in [2.45, 2.75) is 25.3 Å². The predicted molar refractivity (Wildman–Crippen MR) is 80.1 cm³/mol. The normalized spacial score (nSPS) is 18.0. The molecule has 22 heavy (non-hydrogen) atoms. The summed E-state index contributed by atoms with van der Waals surface area (Å²) in [4.78, 5) is 25.3. The van der Waals surface area contributed by atoms with Crippen LogP contribution < -0.4 is 4.74 Å². The minimum atomic E-state index is -0.944. The van der Waals surface area contributed by atoms with E-state index in [0.717, 1.165) is 12.8 Å². The second kappa shape index (κ2) is 7.79. The van der Waals surface area contributed by atoms with Crippen LogP contribution in [0.1, 0.15) is 29.6 Å². The van der Waals surface area contributed by atoms with E-state index in [4.69, 9.17) is 9.47 Å². The smallest absolute Gasteiger partial charge is 0.326 e. The van der Waals surface area contributed by atoms with Crippen LogP contribution >= 0.6 is 0 Å². The Morgan fingerprint density at radius 3 is 2.86 bits per heavy atom. The number of carbonyl (C=O) groups is 2. The second-order valence-electron chi connectivity index (χ2n) is 5.22. The van der Waals surface area contributed by atoms with Gasteiger partial charge in [-0.05, 0) is 37.5 Å². The molecule has 6 heteroatoms. The first-order valence-electron chi connectivity index (χ1n) is 7.39. The predicted octanol–water partition coefficient (Wildman–Crippen LogP) is 1.79. The van der Waals surface area contributed by atoms with Crippen molar-refractivity contribution < 1.29 is 24.2 Å². The molecule has 0 saturated carbocycles. The number of carbonyl (C=O) groups excluding carboxylic acids is 1. The summed E-state index contributed by atoms with van der Waals surface area (Å²) < 4.78 is 10.4. The Kier molecular flexibility index (Phi) is 5.77. The van der Waals surface area contributed by atoms with Gasteiger partial charge in [0.1, 0.15) is 18.4 Å². The molecule has 2 rings (SSSR count). The monoisotopic (exact) mass is 307 g/mol. The molecule has 120 valence electrons. The lowest BCUT2D eigenvalue weighted by atomic mass is 10.0. The summed E-state index contributed by atoms with van der Waals surface area (Å²) in [6.07, 6.45) is 2.17. The fourth-order valence-corrected chi connectivity index (χ4v) is 2.56. The number of carboxylic acids is 1. The van der Waals surface area contributed by atoms with Crippen LogP contribution in [0.4, 0.5) is 0 Å². The number of rotatable bonds is 6.